The molecule has 5 atom stereocenters. The molecule has 2 fully saturated rings. The van der Waals surface area contributed by atoms with Crippen LogP contribution >= 0.6 is 0 Å². The number of amides is 3. The van der Waals surface area contributed by atoms with Crippen molar-refractivity contribution < 1.29 is 29.0 Å². The maximum atomic E-state index is 13.3. The number of piperidine rings is 1. The van der Waals surface area contributed by atoms with Crippen molar-refractivity contribution in [3.63, 3.8) is 0 Å². The van der Waals surface area contributed by atoms with Crippen LogP contribution in [0.4, 0.5) is 0 Å². The van der Waals surface area contributed by atoms with Crippen LogP contribution < -0.4 is 20.1 Å². The van der Waals surface area contributed by atoms with Crippen LogP contribution in [0.2, 0.25) is 0 Å². The lowest BCUT2D eigenvalue weighted by Gasteiger charge is -2.19. The second-order valence-electron chi connectivity index (χ2n) is 9.72. The van der Waals surface area contributed by atoms with E-state index in [1.165, 1.54) is 0 Å². The Kier molecular flexibility index (Phi) is 6.34. The van der Waals surface area contributed by atoms with Gasteiger partial charge in [-0.15, -0.1) is 0 Å². The van der Waals surface area contributed by atoms with Gasteiger partial charge < -0.3 is 30.1 Å². The zero-order valence-electron chi connectivity index (χ0n) is 20.6. The number of aliphatic hydroxyl groups is 1. The maximum Gasteiger partial charge on any atom is 0.254 e. The molecule has 9 nitrogen and oxygen atoms in total. The Balaban J connectivity index is 1.44. The predicted molar refractivity (Wildman–Crippen MR) is 131 cm³/mol. The van der Waals surface area contributed by atoms with Crippen LogP contribution in [-0.2, 0) is 4.79 Å². The number of benzene rings is 2. The lowest BCUT2D eigenvalue weighted by atomic mass is 9.86. The third kappa shape index (κ3) is 4.28. The quantitative estimate of drug-likeness (QED) is 0.539. The van der Waals surface area contributed by atoms with Gasteiger partial charge >= 0.3 is 0 Å². The molecule has 1 aliphatic carbocycles. The Morgan fingerprint density at radius 2 is 1.89 bits per heavy atom. The largest absolute Gasteiger partial charge is 0.491 e. The molecule has 3 amide bonds. The third-order valence-corrected chi connectivity index (χ3v) is 7.47. The van der Waals surface area contributed by atoms with Crippen molar-refractivity contribution in [1.29, 1.82) is 0 Å². The fourth-order valence-corrected chi connectivity index (χ4v) is 5.60. The van der Waals surface area contributed by atoms with E-state index in [-0.39, 0.29) is 60.8 Å². The first-order chi connectivity index (χ1) is 17.3. The minimum absolute atomic E-state index is 0.0381. The highest BCUT2D eigenvalue weighted by Gasteiger charge is 2.57. The summed E-state index contributed by atoms with van der Waals surface area (Å²) in [5.41, 5.74) is 2.42. The summed E-state index contributed by atoms with van der Waals surface area (Å²) in [4.78, 5) is 39.5. The number of ether oxygens (including phenoxy) is 2. The van der Waals surface area contributed by atoms with Gasteiger partial charge in [0.1, 0.15) is 24.2 Å². The van der Waals surface area contributed by atoms with Gasteiger partial charge in [0.15, 0.2) is 0 Å². The van der Waals surface area contributed by atoms with Crippen LogP contribution in [0.15, 0.2) is 36.4 Å². The number of nitrogens with one attached hydrogen (secondary N) is 2. The molecule has 2 aliphatic heterocycles. The maximum absolute atomic E-state index is 13.3. The van der Waals surface area contributed by atoms with Gasteiger partial charge in [-0.05, 0) is 36.8 Å². The number of carbonyl (C=O) groups excluding carboxylic acids is 3. The van der Waals surface area contributed by atoms with Crippen molar-refractivity contribution in [3.8, 4) is 11.5 Å². The first-order valence-electron chi connectivity index (χ1n) is 12.3. The fourth-order valence-electron chi connectivity index (χ4n) is 5.60. The van der Waals surface area contributed by atoms with Crippen LogP contribution in [0, 0.1) is 11.8 Å². The smallest absolute Gasteiger partial charge is 0.254 e. The summed E-state index contributed by atoms with van der Waals surface area (Å²) in [6, 6.07) is 11.0. The van der Waals surface area contributed by atoms with E-state index >= 15 is 0 Å². The highest BCUT2D eigenvalue weighted by molar-refractivity contribution is 6.02. The minimum atomic E-state index is -0.325. The van der Waals surface area contributed by atoms with Crippen molar-refractivity contribution in [3.05, 3.63) is 58.7 Å². The number of hydrogen-bond donors (Lipinski definition) is 3. The van der Waals surface area contributed by atoms with Crippen LogP contribution in [0.25, 0.3) is 0 Å². The minimum Gasteiger partial charge on any atom is -0.491 e. The fraction of sp³-hybridized carbons (Fsp3) is 0.444. The molecule has 2 aromatic carbocycles. The average Bonchev–Trinajstić information content (AvgIpc) is 3.19. The molecule has 2 aromatic rings. The van der Waals surface area contributed by atoms with Crippen LogP contribution in [0.3, 0.4) is 0 Å². The Morgan fingerprint density at radius 1 is 1.14 bits per heavy atom. The van der Waals surface area contributed by atoms with Gasteiger partial charge in [0.2, 0.25) is 5.91 Å². The summed E-state index contributed by atoms with van der Waals surface area (Å²) in [5, 5.41) is 14.8. The molecule has 3 aliphatic rings. The normalized spacial score (nSPS) is 25.4. The summed E-state index contributed by atoms with van der Waals surface area (Å²) < 4.78 is 11.7. The van der Waals surface area contributed by atoms with Crippen molar-refractivity contribution >= 4 is 17.7 Å². The molecule has 1 saturated carbocycles. The predicted octanol–water partition coefficient (Wildman–Crippen LogP) is 1.54. The first kappa shape index (κ1) is 24.1. The molecule has 0 radical (unpaired) electrons. The number of nitrogens with zero attached hydrogens (tertiary/aromatic N) is 1. The van der Waals surface area contributed by atoms with Crippen molar-refractivity contribution in [2.45, 2.75) is 31.9 Å². The summed E-state index contributed by atoms with van der Waals surface area (Å²) in [7, 11) is 1.55. The molecular formula is C27H31N3O6. The van der Waals surface area contributed by atoms with Gasteiger partial charge in [-0.3, -0.25) is 14.4 Å². The van der Waals surface area contributed by atoms with E-state index in [0.717, 1.165) is 11.1 Å². The van der Waals surface area contributed by atoms with Crippen LogP contribution in [0.1, 0.15) is 51.6 Å². The second-order valence-corrected chi connectivity index (χ2v) is 9.72. The van der Waals surface area contributed by atoms with E-state index in [9.17, 15) is 14.4 Å². The average molecular weight is 494 g/mol. The molecule has 1 saturated heterocycles. The molecule has 3 N–H and O–H groups in total. The van der Waals surface area contributed by atoms with Crippen LogP contribution in [0.5, 0.6) is 11.5 Å². The summed E-state index contributed by atoms with van der Waals surface area (Å²) in [5.74, 6) is 0.953. The number of hydrogen-bond acceptors (Lipinski definition) is 6. The topological polar surface area (TPSA) is 117 Å². The standard InChI is InChI=1S/C27H31N3O6/c1-14-23(16-5-4-6-18(9-16)35-8-7-31)19-10-17(11-20(25(19)36-14)27(34)28-3)26(33)29-24-21-12-30(15(2)32)13-22(21)24/h4-6,9-11,14,21-24,31H,7-8,12-13H2,1-3H3,(H,28,34)(H,29,33)/t14?,21-,22+,23?,24+. The number of rotatable bonds is 7. The van der Waals surface area contributed by atoms with Gasteiger partial charge in [0, 0.05) is 62.0 Å². The van der Waals surface area contributed by atoms with Gasteiger partial charge in [0.25, 0.3) is 11.8 Å². The van der Waals surface area contributed by atoms with Gasteiger partial charge in [0.05, 0.1) is 12.2 Å². The molecule has 0 bridgehead atoms. The molecule has 5 rings (SSSR count). The number of fused-ring (bicyclic) bond motifs is 2. The zero-order valence-corrected chi connectivity index (χ0v) is 20.6. The van der Waals surface area contributed by atoms with E-state index < -0.39 is 0 Å². The molecule has 36 heavy (non-hydrogen) atoms. The number of carbonyl (C=O) groups is 3. The summed E-state index contributed by atoms with van der Waals surface area (Å²) >= 11 is 0. The molecule has 0 aromatic heterocycles. The Morgan fingerprint density at radius 3 is 2.56 bits per heavy atom. The van der Waals surface area contributed by atoms with Crippen molar-refractivity contribution in [2.75, 3.05) is 33.4 Å². The molecule has 0 spiro atoms. The number of aliphatic hydroxyl groups excluding tert-OH is 1. The van der Waals surface area contributed by atoms with E-state index in [2.05, 4.69) is 10.6 Å². The van der Waals surface area contributed by atoms with Crippen molar-refractivity contribution in [2.24, 2.45) is 11.8 Å². The molecule has 190 valence electrons. The Hall–Kier alpha value is -3.59. The van der Waals surface area contributed by atoms with E-state index in [0.29, 0.717) is 35.7 Å². The van der Waals surface area contributed by atoms with E-state index in [1.54, 1.807) is 20.0 Å². The van der Waals surface area contributed by atoms with Gasteiger partial charge in [-0.2, -0.15) is 0 Å². The molecule has 2 unspecified atom stereocenters. The third-order valence-electron chi connectivity index (χ3n) is 7.47. The monoisotopic (exact) mass is 493 g/mol. The Bertz CT molecular complexity index is 1200. The number of likely N-dealkylation sites (tertiary alicyclic amines) is 1. The Labute approximate surface area is 209 Å². The highest BCUT2D eigenvalue weighted by Crippen LogP contribution is 2.47. The van der Waals surface area contributed by atoms with Crippen LogP contribution in [-0.4, -0.2) is 73.2 Å². The van der Waals surface area contributed by atoms with Crippen molar-refractivity contribution in [1.82, 2.24) is 15.5 Å². The van der Waals surface area contributed by atoms with Gasteiger partial charge in [-0.1, -0.05) is 12.1 Å². The molecule has 9 heteroatoms. The molecular weight excluding hydrogens is 462 g/mol. The lowest BCUT2D eigenvalue weighted by Crippen LogP contribution is -2.36. The summed E-state index contributed by atoms with van der Waals surface area (Å²) in [6.45, 7) is 4.94. The van der Waals surface area contributed by atoms with E-state index in [1.807, 2.05) is 42.2 Å². The highest BCUT2D eigenvalue weighted by atomic mass is 16.5. The zero-order chi connectivity index (χ0) is 25.6. The lowest BCUT2D eigenvalue weighted by molar-refractivity contribution is -0.128. The van der Waals surface area contributed by atoms with E-state index in [4.69, 9.17) is 14.6 Å². The SMILES string of the molecule is CNC(=O)c1cc(C(=O)N[C@H]2[C@@H]3CN(C(C)=O)C[C@@H]32)cc2c1OC(C)C2c1cccc(OCCO)c1. The van der Waals surface area contributed by atoms with Gasteiger partial charge in [-0.25, -0.2) is 0 Å². The molecule has 2 heterocycles. The second kappa shape index (κ2) is 9.46. The first-order valence-corrected chi connectivity index (χ1v) is 12.3. The summed E-state index contributed by atoms with van der Waals surface area (Å²) in [6.07, 6.45) is -0.268.